The van der Waals surface area contributed by atoms with Crippen LogP contribution in [0.5, 0.6) is 0 Å². The van der Waals surface area contributed by atoms with E-state index in [2.05, 4.69) is 32.2 Å². The summed E-state index contributed by atoms with van der Waals surface area (Å²) in [5.74, 6) is 2.21. The number of allylic oxidation sites excluding steroid dienone is 1. The van der Waals surface area contributed by atoms with E-state index < -0.39 is 0 Å². The second-order valence-electron chi connectivity index (χ2n) is 4.86. The molecule has 0 aromatic heterocycles. The molecule has 0 radical (unpaired) electrons. The van der Waals surface area contributed by atoms with Crippen LogP contribution >= 0.6 is 11.8 Å². The Labute approximate surface area is 97.8 Å². The number of rotatable bonds is 4. The Balaban J connectivity index is 2.44. The van der Waals surface area contributed by atoms with Crippen molar-refractivity contribution in [2.24, 2.45) is 0 Å². The van der Waals surface area contributed by atoms with E-state index >= 15 is 0 Å². The highest BCUT2D eigenvalue weighted by molar-refractivity contribution is 8.00. The van der Waals surface area contributed by atoms with Crippen molar-refractivity contribution in [2.75, 3.05) is 19.4 Å². The molecule has 0 saturated heterocycles. The van der Waals surface area contributed by atoms with Gasteiger partial charge in [-0.3, -0.25) is 0 Å². The van der Waals surface area contributed by atoms with Gasteiger partial charge in [0.2, 0.25) is 0 Å². The molecule has 1 heterocycles. The van der Waals surface area contributed by atoms with Gasteiger partial charge in [-0.25, -0.2) is 0 Å². The van der Waals surface area contributed by atoms with E-state index in [1.165, 1.54) is 0 Å². The number of hydrogen-bond donors (Lipinski definition) is 1. The van der Waals surface area contributed by atoms with Crippen molar-refractivity contribution < 1.29 is 4.74 Å². The lowest BCUT2D eigenvalue weighted by Gasteiger charge is -2.26. The maximum Gasteiger partial charge on any atom is 0.110 e. The van der Waals surface area contributed by atoms with E-state index in [0.717, 1.165) is 31.0 Å². The molecule has 88 valence electrons. The predicted molar refractivity (Wildman–Crippen MR) is 68.3 cm³/mol. The van der Waals surface area contributed by atoms with Crippen LogP contribution in [0.25, 0.3) is 0 Å². The maximum atomic E-state index is 5.68. The fourth-order valence-electron chi connectivity index (χ4n) is 1.46. The average molecular weight is 229 g/mol. The first-order chi connectivity index (χ1) is 7.03. The highest BCUT2D eigenvalue weighted by atomic mass is 32.2. The zero-order chi connectivity index (χ0) is 11.3. The predicted octanol–water partition coefficient (Wildman–Crippen LogP) is 2.80. The Morgan fingerprint density at radius 2 is 2.27 bits per heavy atom. The van der Waals surface area contributed by atoms with Crippen molar-refractivity contribution in [2.45, 2.75) is 44.4 Å². The molecule has 2 nitrogen and oxygen atoms in total. The summed E-state index contributed by atoms with van der Waals surface area (Å²) in [6, 6.07) is 0.370. The molecule has 1 aliphatic heterocycles. The maximum absolute atomic E-state index is 5.68. The van der Waals surface area contributed by atoms with Crippen LogP contribution in [0.15, 0.2) is 11.8 Å². The monoisotopic (exact) mass is 229 g/mol. The third-order valence-electron chi connectivity index (χ3n) is 2.34. The van der Waals surface area contributed by atoms with Crippen LogP contribution in [0, 0.1) is 0 Å². The molecule has 1 aliphatic rings. The first-order valence-electron chi connectivity index (χ1n) is 5.67. The number of hydrogen-bond acceptors (Lipinski definition) is 3. The largest absolute Gasteiger partial charge is 0.497 e. The third kappa shape index (κ3) is 4.94. The Bertz CT molecular complexity index is 220. The van der Waals surface area contributed by atoms with Gasteiger partial charge in [-0.05, 0) is 26.0 Å². The molecule has 1 unspecified atom stereocenters. The van der Waals surface area contributed by atoms with Gasteiger partial charge in [0.25, 0.3) is 0 Å². The van der Waals surface area contributed by atoms with Gasteiger partial charge in [-0.2, -0.15) is 11.8 Å². The van der Waals surface area contributed by atoms with E-state index in [0.29, 0.717) is 10.8 Å². The molecule has 0 aliphatic carbocycles. The number of ether oxygens (including phenoxy) is 1. The van der Waals surface area contributed by atoms with Crippen molar-refractivity contribution >= 4 is 11.8 Å². The van der Waals surface area contributed by atoms with Crippen LogP contribution in [-0.2, 0) is 4.74 Å². The zero-order valence-electron chi connectivity index (χ0n) is 10.3. The van der Waals surface area contributed by atoms with Crippen molar-refractivity contribution in [1.29, 1.82) is 0 Å². The molecule has 15 heavy (non-hydrogen) atoms. The molecule has 1 rings (SSSR count). The van der Waals surface area contributed by atoms with Crippen LogP contribution in [0.4, 0.5) is 0 Å². The Morgan fingerprint density at radius 3 is 2.73 bits per heavy atom. The summed E-state index contributed by atoms with van der Waals surface area (Å²) in [6.45, 7) is 7.63. The summed E-state index contributed by atoms with van der Waals surface area (Å²) in [4.78, 5) is 0. The van der Waals surface area contributed by atoms with Gasteiger partial charge in [0.05, 0.1) is 12.6 Å². The minimum atomic E-state index is 0.324. The standard InChI is InChI=1S/C12H23NOS/c1-12(2,3)15-9-10(13-4)11-7-5-6-8-14-11/h7,10,13H,5-6,8-9H2,1-4H3. The lowest BCUT2D eigenvalue weighted by molar-refractivity contribution is 0.173. The summed E-state index contributed by atoms with van der Waals surface area (Å²) in [7, 11) is 2.01. The molecule has 0 saturated carbocycles. The number of nitrogens with one attached hydrogen (secondary N) is 1. The van der Waals surface area contributed by atoms with Gasteiger partial charge in [-0.1, -0.05) is 20.8 Å². The zero-order valence-corrected chi connectivity index (χ0v) is 11.1. The third-order valence-corrected chi connectivity index (χ3v) is 3.70. The SMILES string of the molecule is CNC(CSC(C)(C)C)C1=CCCCO1. The van der Waals surface area contributed by atoms with Crippen LogP contribution in [0.3, 0.4) is 0 Å². The Morgan fingerprint density at radius 1 is 1.53 bits per heavy atom. The summed E-state index contributed by atoms with van der Waals surface area (Å²) in [6.07, 6.45) is 4.55. The normalized spacial score (nSPS) is 19.3. The van der Waals surface area contributed by atoms with Crippen molar-refractivity contribution in [3.05, 3.63) is 11.8 Å². The average Bonchev–Trinajstić information content (AvgIpc) is 2.19. The van der Waals surface area contributed by atoms with E-state index in [4.69, 9.17) is 4.74 Å². The smallest absolute Gasteiger partial charge is 0.110 e. The van der Waals surface area contributed by atoms with Crippen molar-refractivity contribution in [3.63, 3.8) is 0 Å². The Hall–Kier alpha value is -0.150. The lowest BCUT2D eigenvalue weighted by atomic mass is 10.2. The topological polar surface area (TPSA) is 21.3 Å². The molecule has 1 atom stereocenters. The molecule has 3 heteroatoms. The number of likely N-dealkylation sites (N-methyl/N-ethyl adjacent to an activating group) is 1. The van der Waals surface area contributed by atoms with Crippen molar-refractivity contribution in [3.8, 4) is 0 Å². The molecule has 0 aromatic carbocycles. The van der Waals surface area contributed by atoms with Gasteiger partial charge in [-0.15, -0.1) is 0 Å². The van der Waals surface area contributed by atoms with Gasteiger partial charge in [0.1, 0.15) is 5.76 Å². The molecule has 1 N–H and O–H groups in total. The molecular weight excluding hydrogens is 206 g/mol. The highest BCUT2D eigenvalue weighted by Crippen LogP contribution is 2.26. The second kappa shape index (κ2) is 5.80. The highest BCUT2D eigenvalue weighted by Gasteiger charge is 2.19. The molecule has 0 aromatic rings. The first-order valence-corrected chi connectivity index (χ1v) is 6.65. The lowest BCUT2D eigenvalue weighted by Crippen LogP contribution is -2.33. The van der Waals surface area contributed by atoms with Crippen molar-refractivity contribution in [1.82, 2.24) is 5.32 Å². The van der Waals surface area contributed by atoms with E-state index in [9.17, 15) is 0 Å². The summed E-state index contributed by atoms with van der Waals surface area (Å²) in [5.41, 5.74) is 0. The molecular formula is C12H23NOS. The second-order valence-corrected chi connectivity index (χ2v) is 6.71. The molecule has 0 spiro atoms. The quantitative estimate of drug-likeness (QED) is 0.801. The fraction of sp³-hybridized carbons (Fsp3) is 0.833. The van der Waals surface area contributed by atoms with E-state index in [1.807, 2.05) is 18.8 Å². The van der Waals surface area contributed by atoms with Crippen LogP contribution in [-0.4, -0.2) is 30.2 Å². The molecule has 0 fully saturated rings. The minimum Gasteiger partial charge on any atom is -0.497 e. The van der Waals surface area contributed by atoms with E-state index in [1.54, 1.807) is 0 Å². The van der Waals surface area contributed by atoms with Gasteiger partial charge >= 0.3 is 0 Å². The van der Waals surface area contributed by atoms with Crippen LogP contribution < -0.4 is 5.32 Å². The summed E-state index contributed by atoms with van der Waals surface area (Å²) >= 11 is 1.98. The van der Waals surface area contributed by atoms with Gasteiger partial charge < -0.3 is 10.1 Å². The van der Waals surface area contributed by atoms with E-state index in [-0.39, 0.29) is 0 Å². The minimum absolute atomic E-state index is 0.324. The van der Waals surface area contributed by atoms with Gasteiger partial charge in [0, 0.05) is 10.5 Å². The first kappa shape index (κ1) is 12.9. The van der Waals surface area contributed by atoms with Crippen LogP contribution in [0.2, 0.25) is 0 Å². The Kier molecular flexibility index (Phi) is 5.00. The summed E-state index contributed by atoms with van der Waals surface area (Å²) in [5, 5.41) is 3.33. The fourth-order valence-corrected chi connectivity index (χ4v) is 2.46. The van der Waals surface area contributed by atoms with Crippen LogP contribution in [0.1, 0.15) is 33.6 Å². The molecule has 0 amide bonds. The number of thioether (sulfide) groups is 1. The summed E-state index contributed by atoms with van der Waals surface area (Å²) < 4.78 is 6.01. The molecule has 0 bridgehead atoms. The van der Waals surface area contributed by atoms with Gasteiger partial charge in [0.15, 0.2) is 0 Å².